The van der Waals surface area contributed by atoms with Gasteiger partial charge in [-0.05, 0) is 33.7 Å². The molecule has 0 unspecified atom stereocenters. The second-order valence-electron chi connectivity index (χ2n) is 4.50. The fourth-order valence-electron chi connectivity index (χ4n) is 1.10. The molecule has 1 aromatic heterocycles. The Balaban J connectivity index is 2.51. The van der Waals surface area contributed by atoms with Crippen molar-refractivity contribution in [2.24, 2.45) is 0 Å². The van der Waals surface area contributed by atoms with Gasteiger partial charge in [-0.15, -0.1) is 5.10 Å². The van der Waals surface area contributed by atoms with Crippen LogP contribution in [-0.4, -0.2) is 21.5 Å². The lowest BCUT2D eigenvalue weighted by Crippen LogP contribution is -2.22. The summed E-state index contributed by atoms with van der Waals surface area (Å²) in [4.78, 5) is 0. The van der Waals surface area contributed by atoms with Crippen molar-refractivity contribution in [1.82, 2.24) is 20.3 Å². The van der Waals surface area contributed by atoms with E-state index in [1.54, 1.807) is 0 Å². The van der Waals surface area contributed by atoms with Gasteiger partial charge in [0.25, 0.3) is 0 Å². The quantitative estimate of drug-likeness (QED) is 0.743. The molecule has 0 radical (unpaired) electrons. The second-order valence-corrected chi connectivity index (χ2v) is 4.50. The summed E-state index contributed by atoms with van der Waals surface area (Å²) in [5, 5.41) is 11.5. The van der Waals surface area contributed by atoms with E-state index in [1.165, 1.54) is 0 Å². The van der Waals surface area contributed by atoms with Crippen molar-refractivity contribution in [3.05, 3.63) is 11.9 Å². The lowest BCUT2D eigenvalue weighted by atomic mass is 10.1. The van der Waals surface area contributed by atoms with Crippen LogP contribution in [0.5, 0.6) is 0 Å². The smallest absolute Gasteiger partial charge is 0.0965 e. The second kappa shape index (κ2) is 4.55. The van der Waals surface area contributed by atoms with Crippen LogP contribution in [0.3, 0.4) is 0 Å². The third-order valence-electron chi connectivity index (χ3n) is 1.96. The minimum absolute atomic E-state index is 0.0238. The molecule has 0 saturated carbocycles. The van der Waals surface area contributed by atoms with Crippen LogP contribution in [-0.2, 0) is 12.1 Å². The van der Waals surface area contributed by atoms with Crippen molar-refractivity contribution >= 4 is 0 Å². The minimum atomic E-state index is 0.0238. The molecule has 80 valence electrons. The Kier molecular flexibility index (Phi) is 3.63. The maximum atomic E-state index is 4.10. The third kappa shape index (κ3) is 3.10. The third-order valence-corrected chi connectivity index (χ3v) is 1.96. The minimum Gasteiger partial charge on any atom is -0.311 e. The predicted octanol–water partition coefficient (Wildman–Crippen LogP) is 1.53. The van der Waals surface area contributed by atoms with Crippen molar-refractivity contribution in [2.75, 3.05) is 6.54 Å². The average Bonchev–Trinajstić information content (AvgIpc) is 2.52. The Bertz CT molecular complexity index is 272. The molecule has 14 heavy (non-hydrogen) atoms. The average molecular weight is 196 g/mol. The summed E-state index contributed by atoms with van der Waals surface area (Å²) in [6.07, 6.45) is 3.15. The van der Waals surface area contributed by atoms with Gasteiger partial charge in [0.1, 0.15) is 0 Å². The van der Waals surface area contributed by atoms with Crippen LogP contribution < -0.4 is 5.32 Å². The van der Waals surface area contributed by atoms with Gasteiger partial charge < -0.3 is 5.32 Å². The molecule has 0 aliphatic carbocycles. The SMILES string of the molecule is CCCNCc1cn(C(C)(C)C)nn1. The Hall–Kier alpha value is -0.900. The zero-order valence-electron chi connectivity index (χ0n) is 9.54. The fourth-order valence-corrected chi connectivity index (χ4v) is 1.10. The Morgan fingerprint density at radius 1 is 1.43 bits per heavy atom. The zero-order chi connectivity index (χ0) is 10.6. The molecule has 0 spiro atoms. The van der Waals surface area contributed by atoms with E-state index in [1.807, 2.05) is 10.9 Å². The van der Waals surface area contributed by atoms with E-state index in [9.17, 15) is 0 Å². The lowest BCUT2D eigenvalue weighted by Gasteiger charge is -2.17. The van der Waals surface area contributed by atoms with E-state index in [4.69, 9.17) is 0 Å². The summed E-state index contributed by atoms with van der Waals surface area (Å²) in [5.74, 6) is 0. The normalized spacial score (nSPS) is 12.0. The standard InChI is InChI=1S/C10H20N4/c1-5-6-11-7-9-8-14(13-12-9)10(2,3)4/h8,11H,5-7H2,1-4H3. The van der Waals surface area contributed by atoms with Crippen LogP contribution >= 0.6 is 0 Å². The molecule has 1 rings (SSSR count). The fraction of sp³-hybridized carbons (Fsp3) is 0.800. The largest absolute Gasteiger partial charge is 0.311 e. The van der Waals surface area contributed by atoms with Gasteiger partial charge in [-0.1, -0.05) is 12.1 Å². The molecule has 0 aliphatic rings. The number of rotatable bonds is 4. The molecule has 0 atom stereocenters. The van der Waals surface area contributed by atoms with Crippen molar-refractivity contribution in [2.45, 2.75) is 46.2 Å². The maximum Gasteiger partial charge on any atom is 0.0965 e. The van der Waals surface area contributed by atoms with Gasteiger partial charge in [-0.3, -0.25) is 0 Å². The van der Waals surface area contributed by atoms with Crippen LogP contribution in [0.15, 0.2) is 6.20 Å². The highest BCUT2D eigenvalue weighted by molar-refractivity contribution is 4.93. The van der Waals surface area contributed by atoms with Gasteiger partial charge in [0.05, 0.1) is 17.4 Å². The van der Waals surface area contributed by atoms with Gasteiger partial charge in [0, 0.05) is 6.54 Å². The molecule has 1 N–H and O–H groups in total. The molecule has 0 saturated heterocycles. The van der Waals surface area contributed by atoms with E-state index < -0.39 is 0 Å². The van der Waals surface area contributed by atoms with Crippen LogP contribution in [0.2, 0.25) is 0 Å². The molecule has 4 nitrogen and oxygen atoms in total. The molecule has 0 fully saturated rings. The Morgan fingerprint density at radius 2 is 2.14 bits per heavy atom. The first-order valence-electron chi connectivity index (χ1n) is 5.16. The van der Waals surface area contributed by atoms with Gasteiger partial charge in [0.2, 0.25) is 0 Å². The van der Waals surface area contributed by atoms with Gasteiger partial charge in [0.15, 0.2) is 0 Å². The summed E-state index contributed by atoms with van der Waals surface area (Å²) in [7, 11) is 0. The first-order chi connectivity index (χ1) is 6.54. The topological polar surface area (TPSA) is 42.7 Å². The van der Waals surface area contributed by atoms with Crippen molar-refractivity contribution in [3.8, 4) is 0 Å². The van der Waals surface area contributed by atoms with Gasteiger partial charge in [-0.25, -0.2) is 4.68 Å². The molecule has 1 heterocycles. The molecule has 0 aromatic carbocycles. The molecule has 0 aliphatic heterocycles. The molecule has 1 aromatic rings. The van der Waals surface area contributed by atoms with Crippen LogP contribution in [0.4, 0.5) is 0 Å². The number of hydrogen-bond donors (Lipinski definition) is 1. The molecular weight excluding hydrogens is 176 g/mol. The molecule has 4 heteroatoms. The van der Waals surface area contributed by atoms with E-state index in [-0.39, 0.29) is 5.54 Å². The highest BCUT2D eigenvalue weighted by Gasteiger charge is 2.14. The summed E-state index contributed by atoms with van der Waals surface area (Å²) >= 11 is 0. The first kappa shape index (κ1) is 11.2. The maximum absolute atomic E-state index is 4.10. The monoisotopic (exact) mass is 196 g/mol. The van der Waals surface area contributed by atoms with Crippen molar-refractivity contribution in [3.63, 3.8) is 0 Å². The van der Waals surface area contributed by atoms with E-state index in [2.05, 4.69) is 43.3 Å². The predicted molar refractivity (Wildman–Crippen MR) is 57.0 cm³/mol. The summed E-state index contributed by atoms with van der Waals surface area (Å²) < 4.78 is 1.90. The van der Waals surface area contributed by atoms with E-state index >= 15 is 0 Å². The van der Waals surface area contributed by atoms with Crippen LogP contribution in [0.25, 0.3) is 0 Å². The number of hydrogen-bond acceptors (Lipinski definition) is 3. The summed E-state index contributed by atoms with van der Waals surface area (Å²) in [6, 6.07) is 0. The summed E-state index contributed by atoms with van der Waals surface area (Å²) in [6.45, 7) is 10.3. The van der Waals surface area contributed by atoms with Crippen molar-refractivity contribution < 1.29 is 0 Å². The summed E-state index contributed by atoms with van der Waals surface area (Å²) in [5.41, 5.74) is 1.03. The van der Waals surface area contributed by atoms with Gasteiger partial charge >= 0.3 is 0 Å². The van der Waals surface area contributed by atoms with Crippen LogP contribution in [0.1, 0.15) is 39.8 Å². The molecule has 0 amide bonds. The van der Waals surface area contributed by atoms with Crippen LogP contribution in [0, 0.1) is 0 Å². The molecular formula is C10H20N4. The Labute approximate surface area is 85.7 Å². The number of nitrogens with one attached hydrogen (secondary N) is 1. The van der Waals surface area contributed by atoms with Crippen molar-refractivity contribution in [1.29, 1.82) is 0 Å². The highest BCUT2D eigenvalue weighted by atomic mass is 15.4. The van der Waals surface area contributed by atoms with E-state index in [0.717, 1.165) is 25.2 Å². The number of aromatic nitrogens is 3. The Morgan fingerprint density at radius 3 is 2.64 bits per heavy atom. The van der Waals surface area contributed by atoms with E-state index in [0.29, 0.717) is 0 Å². The number of nitrogens with zero attached hydrogens (tertiary/aromatic N) is 3. The first-order valence-corrected chi connectivity index (χ1v) is 5.16. The van der Waals surface area contributed by atoms with Gasteiger partial charge in [-0.2, -0.15) is 0 Å². The highest BCUT2D eigenvalue weighted by Crippen LogP contribution is 2.11. The lowest BCUT2D eigenvalue weighted by molar-refractivity contribution is 0.347. The molecule has 0 bridgehead atoms. The zero-order valence-corrected chi connectivity index (χ0v) is 9.54.